The van der Waals surface area contributed by atoms with Gasteiger partial charge in [0.2, 0.25) is 0 Å². The van der Waals surface area contributed by atoms with Crippen molar-refractivity contribution in [1.82, 2.24) is 19.9 Å². The number of ether oxygens (including phenoxy) is 1. The van der Waals surface area contributed by atoms with Gasteiger partial charge in [-0.3, -0.25) is 9.97 Å². The molecule has 5 rings (SSSR count). The summed E-state index contributed by atoms with van der Waals surface area (Å²) in [6, 6.07) is 16.8. The lowest BCUT2D eigenvalue weighted by molar-refractivity contribution is -0.192. The van der Waals surface area contributed by atoms with Crippen LogP contribution in [0.1, 0.15) is 12.8 Å². The minimum absolute atomic E-state index is 0.434. The third kappa shape index (κ3) is 7.14. The maximum atomic E-state index is 10.6. The van der Waals surface area contributed by atoms with Crippen LogP contribution in [-0.2, 0) is 9.53 Å². The van der Waals surface area contributed by atoms with E-state index in [0.717, 1.165) is 65.6 Å². The number of imidazole rings is 1. The molecule has 192 valence electrons. The van der Waals surface area contributed by atoms with Crippen LogP contribution in [0.25, 0.3) is 33.9 Å². The molecule has 0 radical (unpaired) electrons. The second kappa shape index (κ2) is 11.7. The Labute approximate surface area is 210 Å². The van der Waals surface area contributed by atoms with Crippen LogP contribution in [0.2, 0.25) is 0 Å². The van der Waals surface area contributed by atoms with Crippen LogP contribution in [0, 0.1) is 0 Å². The average Bonchev–Trinajstić information content (AvgIpc) is 3.41. The molecule has 0 amide bonds. The van der Waals surface area contributed by atoms with Gasteiger partial charge in [0.1, 0.15) is 5.69 Å². The van der Waals surface area contributed by atoms with E-state index in [2.05, 4.69) is 43.5 Å². The Morgan fingerprint density at radius 2 is 1.70 bits per heavy atom. The molecule has 0 unspecified atom stereocenters. The highest BCUT2D eigenvalue weighted by atomic mass is 19.4. The summed E-state index contributed by atoms with van der Waals surface area (Å²) < 4.78 is 37.2. The Morgan fingerprint density at radius 3 is 2.41 bits per heavy atom. The minimum atomic E-state index is -5.08. The van der Waals surface area contributed by atoms with Crippen molar-refractivity contribution in [2.75, 3.05) is 18.5 Å². The molecule has 0 saturated carbocycles. The van der Waals surface area contributed by atoms with Gasteiger partial charge in [-0.15, -0.1) is 0 Å². The van der Waals surface area contributed by atoms with Crippen molar-refractivity contribution < 1.29 is 27.8 Å². The number of H-pyrrole nitrogens is 1. The molecule has 4 aromatic rings. The molecule has 0 spiro atoms. The van der Waals surface area contributed by atoms with Crippen LogP contribution in [0.5, 0.6) is 0 Å². The van der Waals surface area contributed by atoms with Gasteiger partial charge in [0, 0.05) is 43.4 Å². The fraction of sp³-hybridized carbons (Fsp3) is 0.231. The smallest absolute Gasteiger partial charge is 0.475 e. The van der Waals surface area contributed by atoms with E-state index in [-0.39, 0.29) is 0 Å². The predicted octanol–water partition coefficient (Wildman–Crippen LogP) is 5.42. The van der Waals surface area contributed by atoms with Gasteiger partial charge < -0.3 is 20.1 Å². The zero-order valence-corrected chi connectivity index (χ0v) is 19.6. The Kier molecular flexibility index (Phi) is 8.14. The molecule has 1 aromatic carbocycles. The third-order valence-corrected chi connectivity index (χ3v) is 5.57. The first kappa shape index (κ1) is 25.8. The fourth-order valence-corrected chi connectivity index (χ4v) is 3.71. The van der Waals surface area contributed by atoms with Crippen molar-refractivity contribution in [3.05, 3.63) is 73.3 Å². The zero-order chi connectivity index (χ0) is 26.3. The number of aromatic amines is 1. The van der Waals surface area contributed by atoms with Gasteiger partial charge in [-0.25, -0.2) is 9.78 Å². The first-order chi connectivity index (χ1) is 17.8. The number of aliphatic carboxylic acids is 1. The topological polar surface area (TPSA) is 113 Å². The number of alkyl halides is 3. The van der Waals surface area contributed by atoms with Crippen LogP contribution < -0.4 is 5.32 Å². The maximum Gasteiger partial charge on any atom is 0.490 e. The van der Waals surface area contributed by atoms with Crippen molar-refractivity contribution in [2.24, 2.45) is 0 Å². The van der Waals surface area contributed by atoms with Gasteiger partial charge in [-0.2, -0.15) is 13.2 Å². The fourth-order valence-electron chi connectivity index (χ4n) is 3.71. The van der Waals surface area contributed by atoms with Crippen molar-refractivity contribution in [1.29, 1.82) is 0 Å². The number of rotatable bonds is 5. The normalized spacial score (nSPS) is 13.9. The van der Waals surface area contributed by atoms with Crippen molar-refractivity contribution in [2.45, 2.75) is 25.1 Å². The molecule has 37 heavy (non-hydrogen) atoms. The van der Waals surface area contributed by atoms with E-state index in [4.69, 9.17) is 14.6 Å². The number of carbonyl (C=O) groups is 1. The standard InChI is InChI=1S/C24H23N5O.C2HF3O2/c1-2-4-17(5-3-1)23-16-27-24(29-23)22-13-18(6-9-26-22)19-12-21(15-25-14-19)28-20-7-10-30-11-8-20;3-2(4,5)1(6)7/h1-6,9,12-16,20,28H,7-8,10-11H2,(H,27,29);(H,6,7). The summed E-state index contributed by atoms with van der Waals surface area (Å²) in [7, 11) is 0. The number of halogens is 3. The lowest BCUT2D eigenvalue weighted by atomic mass is 10.1. The van der Waals surface area contributed by atoms with Crippen LogP contribution in [0.15, 0.2) is 73.3 Å². The number of aromatic nitrogens is 4. The number of hydrogen-bond acceptors (Lipinski definition) is 6. The molecule has 11 heteroatoms. The van der Waals surface area contributed by atoms with Gasteiger partial charge in [-0.05, 0) is 42.2 Å². The molecule has 1 aliphatic rings. The molecule has 3 aromatic heterocycles. The summed E-state index contributed by atoms with van der Waals surface area (Å²) in [4.78, 5) is 25.8. The van der Waals surface area contributed by atoms with E-state index in [0.29, 0.717) is 6.04 Å². The summed E-state index contributed by atoms with van der Waals surface area (Å²) in [5.41, 5.74) is 6.01. The SMILES string of the molecule is O=C(O)C(F)(F)F.c1ccc(-c2cnc(-c3cc(-c4cncc(NC5CCOCC5)c4)ccn3)[nH]2)cc1. The molecule has 0 atom stereocenters. The molecule has 1 aliphatic heterocycles. The Morgan fingerprint density at radius 1 is 0.973 bits per heavy atom. The number of nitrogens with one attached hydrogen (secondary N) is 2. The number of anilines is 1. The highest BCUT2D eigenvalue weighted by molar-refractivity contribution is 5.73. The molecular weight excluding hydrogens is 487 g/mol. The average molecular weight is 512 g/mol. The second-order valence-electron chi connectivity index (χ2n) is 8.24. The molecule has 1 saturated heterocycles. The Bertz CT molecular complexity index is 1320. The van der Waals surface area contributed by atoms with E-state index >= 15 is 0 Å². The minimum Gasteiger partial charge on any atom is -0.475 e. The molecule has 8 nitrogen and oxygen atoms in total. The van der Waals surface area contributed by atoms with E-state index in [1.54, 1.807) is 0 Å². The Balaban J connectivity index is 0.000000405. The molecule has 0 aliphatic carbocycles. The van der Waals surface area contributed by atoms with E-state index in [9.17, 15) is 13.2 Å². The number of hydrogen-bond donors (Lipinski definition) is 3. The highest BCUT2D eigenvalue weighted by Crippen LogP contribution is 2.27. The lowest BCUT2D eigenvalue weighted by Gasteiger charge is -2.24. The van der Waals surface area contributed by atoms with Crippen molar-refractivity contribution in [3.8, 4) is 33.9 Å². The summed E-state index contributed by atoms with van der Waals surface area (Å²) in [5, 5.41) is 10.7. The molecule has 1 fully saturated rings. The van der Waals surface area contributed by atoms with Crippen molar-refractivity contribution in [3.63, 3.8) is 0 Å². The quantitative estimate of drug-likeness (QED) is 0.328. The predicted molar refractivity (Wildman–Crippen MR) is 132 cm³/mol. The first-order valence-electron chi connectivity index (χ1n) is 11.5. The summed E-state index contributed by atoms with van der Waals surface area (Å²) >= 11 is 0. The second-order valence-corrected chi connectivity index (χ2v) is 8.24. The molecule has 4 heterocycles. The van der Waals surface area contributed by atoms with E-state index < -0.39 is 12.1 Å². The van der Waals surface area contributed by atoms with E-state index in [1.807, 2.05) is 55.1 Å². The lowest BCUT2D eigenvalue weighted by Crippen LogP contribution is -2.27. The third-order valence-electron chi connectivity index (χ3n) is 5.57. The number of benzene rings is 1. The van der Waals surface area contributed by atoms with Crippen LogP contribution in [-0.4, -0.2) is 56.4 Å². The van der Waals surface area contributed by atoms with Crippen LogP contribution in [0.3, 0.4) is 0 Å². The molecule has 0 bridgehead atoms. The number of pyridine rings is 2. The van der Waals surface area contributed by atoms with Crippen molar-refractivity contribution >= 4 is 11.7 Å². The van der Waals surface area contributed by atoms with Gasteiger partial charge >= 0.3 is 12.1 Å². The molecule has 3 N–H and O–H groups in total. The molecular formula is C26H24F3N5O3. The van der Waals surface area contributed by atoms with Gasteiger partial charge in [0.25, 0.3) is 0 Å². The number of nitrogens with zero attached hydrogens (tertiary/aromatic N) is 3. The summed E-state index contributed by atoms with van der Waals surface area (Å²) in [6.45, 7) is 1.62. The monoisotopic (exact) mass is 511 g/mol. The summed E-state index contributed by atoms with van der Waals surface area (Å²) in [6.07, 6.45) is 4.37. The number of carboxylic acids is 1. The van der Waals surface area contributed by atoms with E-state index in [1.165, 1.54) is 0 Å². The van der Waals surface area contributed by atoms with Gasteiger partial charge in [0.15, 0.2) is 5.82 Å². The Hall–Kier alpha value is -4.25. The zero-order valence-electron chi connectivity index (χ0n) is 19.6. The van der Waals surface area contributed by atoms with Gasteiger partial charge in [0.05, 0.1) is 17.6 Å². The summed E-state index contributed by atoms with van der Waals surface area (Å²) in [5.74, 6) is -2.01. The first-order valence-corrected chi connectivity index (χ1v) is 11.5. The van der Waals surface area contributed by atoms with Gasteiger partial charge in [-0.1, -0.05) is 30.3 Å². The largest absolute Gasteiger partial charge is 0.490 e. The number of carboxylic acid groups (broad SMARTS) is 1. The highest BCUT2D eigenvalue weighted by Gasteiger charge is 2.38. The van der Waals surface area contributed by atoms with Crippen LogP contribution >= 0.6 is 0 Å². The van der Waals surface area contributed by atoms with Crippen LogP contribution in [0.4, 0.5) is 18.9 Å². The maximum absolute atomic E-state index is 10.6.